The lowest BCUT2D eigenvalue weighted by Gasteiger charge is -2.31. The summed E-state index contributed by atoms with van der Waals surface area (Å²) in [5.41, 5.74) is 1.88. The second-order valence-corrected chi connectivity index (χ2v) is 8.82. The lowest BCUT2D eigenvalue weighted by atomic mass is 10.0. The van der Waals surface area contributed by atoms with Crippen LogP contribution in [-0.4, -0.2) is 43.0 Å². The fourth-order valence-electron chi connectivity index (χ4n) is 3.90. The van der Waals surface area contributed by atoms with Crippen LogP contribution in [0.25, 0.3) is 0 Å². The van der Waals surface area contributed by atoms with E-state index in [2.05, 4.69) is 5.32 Å². The van der Waals surface area contributed by atoms with Crippen LogP contribution in [0.2, 0.25) is 5.02 Å². The highest BCUT2D eigenvalue weighted by Crippen LogP contribution is 2.20. The zero-order chi connectivity index (χ0) is 25.8. The van der Waals surface area contributed by atoms with Crippen molar-refractivity contribution in [2.75, 3.05) is 20.3 Å². The Kier molecular flexibility index (Phi) is 10.6. The molecule has 1 N–H and O–H groups in total. The van der Waals surface area contributed by atoms with Gasteiger partial charge in [-0.05, 0) is 60.9 Å². The van der Waals surface area contributed by atoms with Crippen LogP contribution in [0.3, 0.4) is 0 Å². The van der Waals surface area contributed by atoms with Crippen molar-refractivity contribution < 1.29 is 19.1 Å². The molecule has 0 aliphatic rings. The summed E-state index contributed by atoms with van der Waals surface area (Å²) >= 11 is 5.92. The highest BCUT2D eigenvalue weighted by molar-refractivity contribution is 6.30. The van der Waals surface area contributed by atoms with Crippen molar-refractivity contribution in [1.82, 2.24) is 10.2 Å². The topological polar surface area (TPSA) is 67.9 Å². The zero-order valence-electron chi connectivity index (χ0n) is 20.8. The monoisotopic (exact) mass is 508 g/mol. The number of halogens is 1. The average molecular weight is 509 g/mol. The number of hydrogen-bond acceptors (Lipinski definition) is 4. The molecule has 0 bridgehead atoms. The minimum Gasteiger partial charge on any atom is -0.497 e. The molecular formula is C29H33ClN2O4. The molecule has 0 saturated carbocycles. The number of nitrogens with one attached hydrogen (secondary N) is 1. The second kappa shape index (κ2) is 14.1. The summed E-state index contributed by atoms with van der Waals surface area (Å²) in [6.07, 6.45) is 1.19. The molecule has 3 aromatic rings. The van der Waals surface area contributed by atoms with Crippen molar-refractivity contribution >= 4 is 23.4 Å². The molecule has 0 heterocycles. The van der Waals surface area contributed by atoms with Crippen LogP contribution in [0.4, 0.5) is 0 Å². The number of methoxy groups -OCH3 is 1. The number of hydrogen-bond donors (Lipinski definition) is 1. The summed E-state index contributed by atoms with van der Waals surface area (Å²) in [6, 6.07) is 23.8. The molecule has 0 saturated heterocycles. The van der Waals surface area contributed by atoms with Gasteiger partial charge in [-0.3, -0.25) is 9.59 Å². The van der Waals surface area contributed by atoms with Crippen LogP contribution in [0.1, 0.15) is 30.9 Å². The lowest BCUT2D eigenvalue weighted by Crippen LogP contribution is -2.50. The Bertz CT molecular complexity index is 1110. The molecule has 6 nitrogen and oxygen atoms in total. The van der Waals surface area contributed by atoms with Crippen molar-refractivity contribution in [1.29, 1.82) is 0 Å². The standard InChI is InChI=1S/C29H33ClN2O4/c1-3-31-29(34)27(20-22-9-5-4-6-10-22)32(21-23-11-7-12-26(19-23)35-2)28(33)13-8-18-36-25-16-14-24(30)15-17-25/h4-7,9-12,14-17,19,27H,3,8,13,18,20-21H2,1-2H3,(H,31,34)/t27-/m0/s1. The van der Waals surface area contributed by atoms with Gasteiger partial charge in [0.25, 0.3) is 0 Å². The summed E-state index contributed by atoms with van der Waals surface area (Å²) in [6.45, 7) is 3.04. The van der Waals surface area contributed by atoms with Crippen molar-refractivity contribution in [2.24, 2.45) is 0 Å². The van der Waals surface area contributed by atoms with Crippen LogP contribution in [0, 0.1) is 0 Å². The normalized spacial score (nSPS) is 11.4. The molecule has 190 valence electrons. The number of benzene rings is 3. The summed E-state index contributed by atoms with van der Waals surface area (Å²) in [5.74, 6) is 1.12. The smallest absolute Gasteiger partial charge is 0.243 e. The summed E-state index contributed by atoms with van der Waals surface area (Å²) in [4.78, 5) is 28.4. The molecule has 0 aliphatic heterocycles. The van der Waals surface area contributed by atoms with E-state index in [0.29, 0.717) is 49.1 Å². The summed E-state index contributed by atoms with van der Waals surface area (Å²) < 4.78 is 11.1. The van der Waals surface area contributed by atoms with E-state index in [-0.39, 0.29) is 18.2 Å². The highest BCUT2D eigenvalue weighted by Gasteiger charge is 2.30. The van der Waals surface area contributed by atoms with E-state index in [9.17, 15) is 9.59 Å². The lowest BCUT2D eigenvalue weighted by molar-refractivity contribution is -0.141. The average Bonchev–Trinajstić information content (AvgIpc) is 2.90. The van der Waals surface area contributed by atoms with Gasteiger partial charge in [0.1, 0.15) is 17.5 Å². The van der Waals surface area contributed by atoms with Crippen LogP contribution in [0.15, 0.2) is 78.9 Å². The minimum atomic E-state index is -0.650. The molecule has 3 aromatic carbocycles. The maximum absolute atomic E-state index is 13.5. The zero-order valence-corrected chi connectivity index (χ0v) is 21.5. The molecule has 3 rings (SSSR count). The van der Waals surface area contributed by atoms with E-state index in [1.807, 2.05) is 61.5 Å². The first-order chi connectivity index (χ1) is 17.5. The fraction of sp³-hybridized carbons (Fsp3) is 0.310. The number of carbonyl (C=O) groups is 2. The first-order valence-electron chi connectivity index (χ1n) is 12.1. The Morgan fingerprint density at radius 3 is 2.36 bits per heavy atom. The van der Waals surface area contributed by atoms with Crippen LogP contribution in [0.5, 0.6) is 11.5 Å². The Morgan fingerprint density at radius 1 is 0.944 bits per heavy atom. The molecule has 0 radical (unpaired) electrons. The molecule has 1 atom stereocenters. The van der Waals surface area contributed by atoms with E-state index < -0.39 is 6.04 Å². The van der Waals surface area contributed by atoms with Crippen molar-refractivity contribution in [3.8, 4) is 11.5 Å². The molecule has 0 aromatic heterocycles. The number of nitrogens with zero attached hydrogens (tertiary/aromatic N) is 1. The van der Waals surface area contributed by atoms with Gasteiger partial charge in [0.2, 0.25) is 11.8 Å². The van der Waals surface area contributed by atoms with Crippen molar-refractivity contribution in [3.05, 3.63) is 95.0 Å². The van der Waals surface area contributed by atoms with E-state index in [0.717, 1.165) is 11.1 Å². The Labute approximate surface area is 218 Å². The Balaban J connectivity index is 1.77. The maximum Gasteiger partial charge on any atom is 0.243 e. The summed E-state index contributed by atoms with van der Waals surface area (Å²) in [5, 5.41) is 3.55. The van der Waals surface area contributed by atoms with Crippen LogP contribution in [-0.2, 0) is 22.6 Å². The number of carbonyl (C=O) groups excluding carboxylic acids is 2. The molecule has 36 heavy (non-hydrogen) atoms. The molecule has 0 fully saturated rings. The quantitative estimate of drug-likeness (QED) is 0.319. The van der Waals surface area contributed by atoms with Crippen molar-refractivity contribution in [3.63, 3.8) is 0 Å². The SMILES string of the molecule is CCNC(=O)[C@H](Cc1ccccc1)N(Cc1cccc(OC)c1)C(=O)CCCOc1ccc(Cl)cc1. The third kappa shape index (κ3) is 8.31. The van der Waals surface area contributed by atoms with Gasteiger partial charge in [-0.2, -0.15) is 0 Å². The van der Waals surface area contributed by atoms with E-state index in [1.54, 1.807) is 36.3 Å². The third-order valence-electron chi connectivity index (χ3n) is 5.73. The van der Waals surface area contributed by atoms with Gasteiger partial charge in [0, 0.05) is 31.0 Å². The van der Waals surface area contributed by atoms with E-state index in [4.69, 9.17) is 21.1 Å². The van der Waals surface area contributed by atoms with Crippen LogP contribution < -0.4 is 14.8 Å². The van der Waals surface area contributed by atoms with Gasteiger partial charge < -0.3 is 19.7 Å². The number of rotatable bonds is 13. The fourth-order valence-corrected chi connectivity index (χ4v) is 4.03. The van der Waals surface area contributed by atoms with Gasteiger partial charge in [0.15, 0.2) is 0 Å². The molecule has 0 unspecified atom stereocenters. The molecular weight excluding hydrogens is 476 g/mol. The minimum absolute atomic E-state index is 0.107. The van der Waals surface area contributed by atoms with Crippen molar-refractivity contribution in [2.45, 2.75) is 38.8 Å². The molecule has 0 spiro atoms. The van der Waals surface area contributed by atoms with Gasteiger partial charge in [0.05, 0.1) is 13.7 Å². The Morgan fingerprint density at radius 2 is 1.67 bits per heavy atom. The first kappa shape index (κ1) is 27.1. The van der Waals surface area contributed by atoms with Gasteiger partial charge in [-0.25, -0.2) is 0 Å². The third-order valence-corrected chi connectivity index (χ3v) is 5.98. The number of amides is 2. The predicted molar refractivity (Wildman–Crippen MR) is 142 cm³/mol. The molecule has 0 aliphatic carbocycles. The molecule has 7 heteroatoms. The maximum atomic E-state index is 13.5. The molecule has 2 amide bonds. The Hall–Kier alpha value is -3.51. The van der Waals surface area contributed by atoms with Crippen LogP contribution >= 0.6 is 11.6 Å². The van der Waals surface area contributed by atoms with Gasteiger partial charge in [-0.1, -0.05) is 54.1 Å². The van der Waals surface area contributed by atoms with Gasteiger partial charge in [-0.15, -0.1) is 0 Å². The second-order valence-electron chi connectivity index (χ2n) is 8.38. The predicted octanol–water partition coefficient (Wildman–Crippen LogP) is 5.28. The first-order valence-corrected chi connectivity index (χ1v) is 12.5. The summed E-state index contributed by atoms with van der Waals surface area (Å²) in [7, 11) is 1.61. The van der Waals surface area contributed by atoms with E-state index in [1.165, 1.54) is 0 Å². The number of likely N-dealkylation sites (N-methyl/N-ethyl adjacent to an activating group) is 1. The van der Waals surface area contributed by atoms with Gasteiger partial charge >= 0.3 is 0 Å². The van der Waals surface area contributed by atoms with E-state index >= 15 is 0 Å². The number of ether oxygens (including phenoxy) is 2. The highest BCUT2D eigenvalue weighted by atomic mass is 35.5. The largest absolute Gasteiger partial charge is 0.497 e.